The van der Waals surface area contributed by atoms with Crippen molar-refractivity contribution in [1.82, 2.24) is 5.32 Å². The van der Waals surface area contributed by atoms with Crippen molar-refractivity contribution in [1.29, 1.82) is 0 Å². The van der Waals surface area contributed by atoms with E-state index in [9.17, 15) is 4.79 Å². The molecule has 1 fully saturated rings. The Morgan fingerprint density at radius 3 is 2.47 bits per heavy atom. The molecule has 0 aliphatic heterocycles. The van der Waals surface area contributed by atoms with Crippen molar-refractivity contribution in [3.8, 4) is 0 Å². The predicted octanol–water partition coefficient (Wildman–Crippen LogP) is 2.45. The first-order valence-electron chi connectivity index (χ1n) is 6.92. The maximum absolute atomic E-state index is 11.7. The van der Waals surface area contributed by atoms with Crippen molar-refractivity contribution in [2.45, 2.75) is 65.3 Å². The number of hydrogen-bond donors (Lipinski definition) is 2. The lowest BCUT2D eigenvalue weighted by molar-refractivity contribution is -0.121. The summed E-state index contributed by atoms with van der Waals surface area (Å²) in [6, 6.07) is -0.0611. The minimum absolute atomic E-state index is 0.00277. The fourth-order valence-corrected chi connectivity index (χ4v) is 2.29. The third-order valence-corrected chi connectivity index (χ3v) is 3.87. The first-order chi connectivity index (χ1) is 7.89. The highest BCUT2D eigenvalue weighted by Gasteiger charge is 2.23. The van der Waals surface area contributed by atoms with Crippen LogP contribution >= 0.6 is 0 Å². The van der Waals surface area contributed by atoms with E-state index >= 15 is 0 Å². The average Bonchev–Trinajstić information content (AvgIpc) is 2.69. The fraction of sp³-hybridized carbons (Fsp3) is 0.929. The molecular weight excluding hydrogens is 212 g/mol. The fourth-order valence-electron chi connectivity index (χ4n) is 2.29. The summed E-state index contributed by atoms with van der Waals surface area (Å²) in [4.78, 5) is 11.7. The molecule has 1 rings (SSSR count). The summed E-state index contributed by atoms with van der Waals surface area (Å²) in [5.74, 6) is 0.942. The highest BCUT2D eigenvalue weighted by atomic mass is 16.1. The maximum Gasteiger partial charge on any atom is 0.221 e. The third kappa shape index (κ3) is 5.53. The molecule has 3 heteroatoms. The third-order valence-electron chi connectivity index (χ3n) is 3.87. The lowest BCUT2D eigenvalue weighted by Crippen LogP contribution is -2.40. The topological polar surface area (TPSA) is 55.1 Å². The molecule has 17 heavy (non-hydrogen) atoms. The Morgan fingerprint density at radius 1 is 1.35 bits per heavy atom. The van der Waals surface area contributed by atoms with Crippen LogP contribution in [0.1, 0.15) is 59.3 Å². The van der Waals surface area contributed by atoms with Crippen molar-refractivity contribution in [2.75, 3.05) is 6.54 Å². The van der Waals surface area contributed by atoms with E-state index in [0.29, 0.717) is 6.42 Å². The van der Waals surface area contributed by atoms with Gasteiger partial charge in [-0.2, -0.15) is 0 Å². The van der Waals surface area contributed by atoms with Crippen LogP contribution in [0.3, 0.4) is 0 Å². The van der Waals surface area contributed by atoms with Gasteiger partial charge in [0.05, 0.1) is 0 Å². The van der Waals surface area contributed by atoms with Gasteiger partial charge < -0.3 is 11.1 Å². The molecule has 0 aromatic rings. The van der Waals surface area contributed by atoms with Crippen LogP contribution in [0.2, 0.25) is 0 Å². The van der Waals surface area contributed by atoms with Crippen LogP contribution in [-0.4, -0.2) is 18.5 Å². The summed E-state index contributed by atoms with van der Waals surface area (Å²) >= 11 is 0. The molecule has 1 amide bonds. The number of carbonyl (C=O) groups excluding carboxylic acids is 1. The molecule has 100 valence electrons. The van der Waals surface area contributed by atoms with Crippen LogP contribution in [-0.2, 0) is 4.79 Å². The summed E-state index contributed by atoms with van der Waals surface area (Å²) in [5, 5.41) is 2.99. The molecule has 1 atom stereocenters. The van der Waals surface area contributed by atoms with Gasteiger partial charge in [0.15, 0.2) is 0 Å². The summed E-state index contributed by atoms with van der Waals surface area (Å²) in [6.07, 6.45) is 7.00. The predicted molar refractivity (Wildman–Crippen MR) is 71.6 cm³/mol. The smallest absolute Gasteiger partial charge is 0.221 e. The number of carbonyl (C=O) groups is 1. The van der Waals surface area contributed by atoms with Crippen LogP contribution in [0.25, 0.3) is 0 Å². The second-order valence-electron chi connectivity index (χ2n) is 6.47. The molecule has 0 saturated heterocycles. The molecule has 1 aliphatic rings. The Hall–Kier alpha value is -0.570. The van der Waals surface area contributed by atoms with Crippen molar-refractivity contribution >= 4 is 5.91 Å². The summed E-state index contributed by atoms with van der Waals surface area (Å²) in [7, 11) is 0. The van der Waals surface area contributed by atoms with Gasteiger partial charge in [-0.25, -0.2) is 0 Å². The normalized spacial score (nSPS) is 19.3. The number of nitrogens with one attached hydrogen (secondary N) is 1. The van der Waals surface area contributed by atoms with Crippen LogP contribution in [0.4, 0.5) is 0 Å². The van der Waals surface area contributed by atoms with Crippen molar-refractivity contribution in [3.05, 3.63) is 0 Å². The van der Waals surface area contributed by atoms with Crippen molar-refractivity contribution < 1.29 is 4.79 Å². The van der Waals surface area contributed by atoms with Gasteiger partial charge in [-0.15, -0.1) is 0 Å². The van der Waals surface area contributed by atoms with Gasteiger partial charge >= 0.3 is 0 Å². The Bertz CT molecular complexity index is 239. The zero-order valence-electron chi connectivity index (χ0n) is 11.6. The van der Waals surface area contributed by atoms with E-state index in [4.69, 9.17) is 5.73 Å². The summed E-state index contributed by atoms with van der Waals surface area (Å²) in [5.41, 5.74) is 5.99. The second kappa shape index (κ2) is 6.39. The van der Waals surface area contributed by atoms with E-state index in [1.54, 1.807) is 0 Å². The molecular formula is C14H28N2O. The monoisotopic (exact) mass is 240 g/mol. The minimum atomic E-state index is -0.0611. The molecule has 1 aliphatic carbocycles. The highest BCUT2D eigenvalue weighted by Crippen LogP contribution is 2.26. The standard InChI is InChI=1S/C14H28N2O/c1-14(2,3)12(15)10-13(17)16-9-8-11-6-4-5-7-11/h11-12H,4-10,15H2,1-3H3,(H,16,17). The van der Waals surface area contributed by atoms with Gasteiger partial charge in [0, 0.05) is 19.0 Å². The molecule has 3 nitrogen and oxygen atoms in total. The molecule has 1 unspecified atom stereocenters. The summed E-state index contributed by atoms with van der Waals surface area (Å²) in [6.45, 7) is 7.04. The average molecular weight is 240 g/mol. The molecule has 0 aromatic heterocycles. The van der Waals surface area contributed by atoms with E-state index < -0.39 is 0 Å². The molecule has 0 heterocycles. The minimum Gasteiger partial charge on any atom is -0.356 e. The Balaban J connectivity index is 2.12. The molecule has 0 radical (unpaired) electrons. The Labute approximate surface area is 106 Å². The Kier molecular flexibility index (Phi) is 5.44. The van der Waals surface area contributed by atoms with Crippen molar-refractivity contribution in [3.63, 3.8) is 0 Å². The summed E-state index contributed by atoms with van der Waals surface area (Å²) < 4.78 is 0. The molecule has 0 bridgehead atoms. The van der Waals surface area contributed by atoms with E-state index in [0.717, 1.165) is 18.9 Å². The quantitative estimate of drug-likeness (QED) is 0.775. The van der Waals surface area contributed by atoms with E-state index in [1.807, 2.05) is 0 Å². The number of hydrogen-bond acceptors (Lipinski definition) is 2. The van der Waals surface area contributed by atoms with Crippen LogP contribution < -0.4 is 11.1 Å². The van der Waals surface area contributed by atoms with Gasteiger partial charge in [-0.05, 0) is 17.8 Å². The van der Waals surface area contributed by atoms with Crippen LogP contribution in [0.15, 0.2) is 0 Å². The number of amides is 1. The lowest BCUT2D eigenvalue weighted by Gasteiger charge is -2.26. The van der Waals surface area contributed by atoms with Gasteiger partial charge in [0.1, 0.15) is 0 Å². The first kappa shape index (κ1) is 14.5. The van der Waals surface area contributed by atoms with Crippen LogP contribution in [0, 0.1) is 11.3 Å². The van der Waals surface area contributed by atoms with E-state index in [-0.39, 0.29) is 17.4 Å². The van der Waals surface area contributed by atoms with E-state index in [2.05, 4.69) is 26.1 Å². The number of nitrogens with two attached hydrogens (primary N) is 1. The first-order valence-corrected chi connectivity index (χ1v) is 6.92. The van der Waals surface area contributed by atoms with Gasteiger partial charge in [0.25, 0.3) is 0 Å². The largest absolute Gasteiger partial charge is 0.356 e. The molecule has 0 spiro atoms. The van der Waals surface area contributed by atoms with Gasteiger partial charge in [-0.3, -0.25) is 4.79 Å². The highest BCUT2D eigenvalue weighted by molar-refractivity contribution is 5.76. The number of rotatable bonds is 5. The maximum atomic E-state index is 11.7. The van der Waals surface area contributed by atoms with E-state index in [1.165, 1.54) is 25.7 Å². The zero-order valence-corrected chi connectivity index (χ0v) is 11.6. The molecule has 0 aromatic carbocycles. The SMILES string of the molecule is CC(C)(C)C(N)CC(=O)NCCC1CCCC1. The lowest BCUT2D eigenvalue weighted by atomic mass is 9.85. The second-order valence-corrected chi connectivity index (χ2v) is 6.47. The molecule has 1 saturated carbocycles. The van der Waals surface area contributed by atoms with Gasteiger partial charge in [0.2, 0.25) is 5.91 Å². The van der Waals surface area contributed by atoms with Crippen LogP contribution in [0.5, 0.6) is 0 Å². The Morgan fingerprint density at radius 2 is 1.94 bits per heavy atom. The van der Waals surface area contributed by atoms with Crippen molar-refractivity contribution in [2.24, 2.45) is 17.1 Å². The zero-order chi connectivity index (χ0) is 12.9. The molecule has 3 N–H and O–H groups in total. The van der Waals surface area contributed by atoms with Gasteiger partial charge in [-0.1, -0.05) is 46.5 Å².